The quantitative estimate of drug-likeness (QED) is 0.230. The Morgan fingerprint density at radius 1 is 0.892 bits per heavy atom. The predicted molar refractivity (Wildman–Crippen MR) is 145 cm³/mol. The van der Waals surface area contributed by atoms with Gasteiger partial charge in [0.1, 0.15) is 0 Å². The molecule has 8 nitrogen and oxygen atoms in total. The number of nitrogens with zero attached hydrogens (tertiary/aromatic N) is 1. The highest BCUT2D eigenvalue weighted by Crippen LogP contribution is 2.28. The molecule has 1 amide bonds. The third-order valence-electron chi connectivity index (χ3n) is 5.46. The summed E-state index contributed by atoms with van der Waals surface area (Å²) in [4.78, 5) is 14.7. The van der Waals surface area contributed by atoms with E-state index in [2.05, 4.69) is 15.2 Å². The van der Waals surface area contributed by atoms with Gasteiger partial charge in [0.05, 0.1) is 17.7 Å². The van der Waals surface area contributed by atoms with Gasteiger partial charge in [-0.1, -0.05) is 48.5 Å². The molecular formula is C28H27N3O5S. The zero-order valence-corrected chi connectivity index (χ0v) is 21.3. The largest absolute Gasteiger partial charge is 0.490 e. The van der Waals surface area contributed by atoms with Crippen LogP contribution in [0.5, 0.6) is 11.5 Å². The minimum atomic E-state index is -3.85. The van der Waals surface area contributed by atoms with Crippen LogP contribution in [0.25, 0.3) is 10.8 Å². The fourth-order valence-electron chi connectivity index (χ4n) is 3.59. The Balaban J connectivity index is 1.41. The van der Waals surface area contributed by atoms with Crippen molar-refractivity contribution in [3.05, 3.63) is 96.1 Å². The molecule has 0 radical (unpaired) electrons. The van der Waals surface area contributed by atoms with Crippen LogP contribution >= 0.6 is 0 Å². The zero-order chi connectivity index (χ0) is 26.3. The second kappa shape index (κ2) is 11.6. The van der Waals surface area contributed by atoms with E-state index in [0.29, 0.717) is 23.7 Å². The van der Waals surface area contributed by atoms with Gasteiger partial charge in [0.25, 0.3) is 15.9 Å². The Morgan fingerprint density at radius 2 is 1.65 bits per heavy atom. The normalized spacial score (nSPS) is 11.4. The molecule has 9 heteroatoms. The van der Waals surface area contributed by atoms with Crippen molar-refractivity contribution >= 4 is 38.6 Å². The number of hydrogen-bond acceptors (Lipinski definition) is 6. The van der Waals surface area contributed by atoms with Crippen LogP contribution in [0.2, 0.25) is 0 Å². The van der Waals surface area contributed by atoms with E-state index >= 15 is 0 Å². The number of nitrogens with one attached hydrogen (secondary N) is 2. The fourth-order valence-corrected chi connectivity index (χ4v) is 4.42. The van der Waals surface area contributed by atoms with Crippen molar-refractivity contribution in [3.63, 3.8) is 0 Å². The van der Waals surface area contributed by atoms with E-state index in [1.807, 2.05) is 62.4 Å². The summed E-state index contributed by atoms with van der Waals surface area (Å²) >= 11 is 0. The van der Waals surface area contributed by atoms with E-state index in [4.69, 9.17) is 9.47 Å². The number of fused-ring (bicyclic) bond motifs is 1. The van der Waals surface area contributed by atoms with Gasteiger partial charge in [-0.25, -0.2) is 4.83 Å². The predicted octanol–water partition coefficient (Wildman–Crippen LogP) is 4.88. The molecule has 0 aromatic heterocycles. The average Bonchev–Trinajstić information content (AvgIpc) is 2.89. The number of para-hydroxylation sites is 1. The number of rotatable bonds is 10. The third-order valence-corrected chi connectivity index (χ3v) is 6.68. The van der Waals surface area contributed by atoms with Gasteiger partial charge in [0, 0.05) is 5.69 Å². The van der Waals surface area contributed by atoms with Crippen LogP contribution in [0.4, 0.5) is 5.69 Å². The second-order valence-electron chi connectivity index (χ2n) is 8.15. The monoisotopic (exact) mass is 517 g/mol. The minimum absolute atomic E-state index is 0.117. The zero-order valence-electron chi connectivity index (χ0n) is 20.5. The summed E-state index contributed by atoms with van der Waals surface area (Å²) in [5.41, 5.74) is 2.26. The van der Waals surface area contributed by atoms with E-state index in [-0.39, 0.29) is 17.4 Å². The first kappa shape index (κ1) is 25.7. The number of aryl methyl sites for hydroxylation is 1. The smallest absolute Gasteiger partial charge is 0.276 e. The molecule has 4 aromatic carbocycles. The highest BCUT2D eigenvalue weighted by atomic mass is 32.2. The number of anilines is 1. The Labute approximate surface area is 216 Å². The first-order chi connectivity index (χ1) is 17.9. The molecule has 0 fully saturated rings. The van der Waals surface area contributed by atoms with Gasteiger partial charge < -0.3 is 14.8 Å². The van der Waals surface area contributed by atoms with Crippen molar-refractivity contribution in [2.75, 3.05) is 18.5 Å². The number of ether oxygens (including phenoxy) is 2. The average molecular weight is 518 g/mol. The molecule has 4 aromatic rings. The highest BCUT2D eigenvalue weighted by molar-refractivity contribution is 7.89. The summed E-state index contributed by atoms with van der Waals surface area (Å²) in [5, 5.41) is 8.49. The topological polar surface area (TPSA) is 106 Å². The molecule has 0 aliphatic carbocycles. The molecule has 0 heterocycles. The van der Waals surface area contributed by atoms with Gasteiger partial charge in [-0.2, -0.15) is 13.5 Å². The number of carbonyl (C=O) groups excluding carboxylic acids is 1. The lowest BCUT2D eigenvalue weighted by Gasteiger charge is -2.13. The van der Waals surface area contributed by atoms with E-state index in [0.717, 1.165) is 22.0 Å². The van der Waals surface area contributed by atoms with Gasteiger partial charge in [-0.15, -0.1) is 0 Å². The van der Waals surface area contributed by atoms with Crippen molar-refractivity contribution in [2.45, 2.75) is 18.7 Å². The highest BCUT2D eigenvalue weighted by Gasteiger charge is 2.14. The third kappa shape index (κ3) is 6.65. The molecule has 0 atom stereocenters. The van der Waals surface area contributed by atoms with Crippen molar-refractivity contribution in [1.82, 2.24) is 4.83 Å². The van der Waals surface area contributed by atoms with Crippen molar-refractivity contribution in [2.24, 2.45) is 5.10 Å². The lowest BCUT2D eigenvalue weighted by Crippen LogP contribution is -2.20. The molecule has 0 unspecified atom stereocenters. The minimum Gasteiger partial charge on any atom is -0.490 e. The van der Waals surface area contributed by atoms with Gasteiger partial charge in [0.2, 0.25) is 0 Å². The van der Waals surface area contributed by atoms with E-state index in [1.54, 1.807) is 30.3 Å². The number of hydrogen-bond donors (Lipinski definition) is 2. The molecular weight excluding hydrogens is 490 g/mol. The number of benzene rings is 4. The molecule has 190 valence electrons. The summed E-state index contributed by atoms with van der Waals surface area (Å²) in [7, 11) is -3.85. The molecule has 0 bridgehead atoms. The van der Waals surface area contributed by atoms with Crippen LogP contribution in [0, 0.1) is 6.92 Å². The van der Waals surface area contributed by atoms with Crippen LogP contribution in [-0.4, -0.2) is 33.8 Å². The standard InChI is InChI=1S/C28H27N3O5S/c1-3-35-27-16-21(12-15-26(27)36-19-28(32)30-25-11-7-4-8-20(25)2)18-29-31-37(33,34)24-14-13-22-9-5-6-10-23(22)17-24/h4-18,31H,3,19H2,1-2H3,(H,30,32)/b29-18+. The van der Waals surface area contributed by atoms with Crippen LogP contribution in [0.15, 0.2) is 94.9 Å². The molecule has 0 aliphatic heterocycles. The van der Waals surface area contributed by atoms with E-state index in [1.165, 1.54) is 12.3 Å². The van der Waals surface area contributed by atoms with E-state index < -0.39 is 10.0 Å². The first-order valence-electron chi connectivity index (χ1n) is 11.6. The van der Waals surface area contributed by atoms with Crippen LogP contribution in [-0.2, 0) is 14.8 Å². The van der Waals surface area contributed by atoms with Gasteiger partial charge in [-0.05, 0) is 72.1 Å². The van der Waals surface area contributed by atoms with Crippen LogP contribution < -0.4 is 19.6 Å². The van der Waals surface area contributed by atoms with Crippen LogP contribution in [0.1, 0.15) is 18.1 Å². The van der Waals surface area contributed by atoms with Crippen molar-refractivity contribution < 1.29 is 22.7 Å². The molecule has 0 aliphatic rings. The summed E-state index contributed by atoms with van der Waals surface area (Å²) < 4.78 is 36.7. The Morgan fingerprint density at radius 3 is 2.43 bits per heavy atom. The summed E-state index contributed by atoms with van der Waals surface area (Å²) in [5.74, 6) is 0.494. The van der Waals surface area contributed by atoms with Gasteiger partial charge in [-0.3, -0.25) is 4.79 Å². The van der Waals surface area contributed by atoms with Gasteiger partial charge in [0.15, 0.2) is 18.1 Å². The van der Waals surface area contributed by atoms with Gasteiger partial charge >= 0.3 is 0 Å². The number of sulfonamides is 1. The fraction of sp³-hybridized carbons (Fsp3) is 0.143. The number of amides is 1. The SMILES string of the molecule is CCOc1cc(/C=N/NS(=O)(=O)c2ccc3ccccc3c2)ccc1OCC(=O)Nc1ccccc1C. The lowest BCUT2D eigenvalue weighted by atomic mass is 10.1. The maximum Gasteiger partial charge on any atom is 0.276 e. The summed E-state index contributed by atoms with van der Waals surface area (Å²) in [6.07, 6.45) is 1.37. The summed E-state index contributed by atoms with van der Waals surface area (Å²) in [6, 6.07) is 24.9. The molecule has 0 spiro atoms. The second-order valence-corrected chi connectivity index (χ2v) is 9.81. The summed E-state index contributed by atoms with van der Waals surface area (Å²) in [6.45, 7) is 3.91. The van der Waals surface area contributed by atoms with Crippen LogP contribution in [0.3, 0.4) is 0 Å². The molecule has 4 rings (SSSR count). The van der Waals surface area contributed by atoms with Crippen molar-refractivity contribution in [1.29, 1.82) is 0 Å². The van der Waals surface area contributed by atoms with E-state index in [9.17, 15) is 13.2 Å². The Hall–Kier alpha value is -4.37. The molecule has 37 heavy (non-hydrogen) atoms. The number of hydrazone groups is 1. The maximum absolute atomic E-state index is 12.7. The maximum atomic E-state index is 12.7. The molecule has 0 saturated carbocycles. The first-order valence-corrected chi connectivity index (χ1v) is 13.1. The lowest BCUT2D eigenvalue weighted by molar-refractivity contribution is -0.118. The van der Waals surface area contributed by atoms with Crippen molar-refractivity contribution in [3.8, 4) is 11.5 Å². The molecule has 2 N–H and O–H groups in total. The number of carbonyl (C=O) groups is 1. The molecule has 0 saturated heterocycles. The Bertz CT molecular complexity index is 1550. The Kier molecular flexibility index (Phi) is 8.05.